The van der Waals surface area contributed by atoms with E-state index in [2.05, 4.69) is 5.32 Å². The summed E-state index contributed by atoms with van der Waals surface area (Å²) in [6.45, 7) is 0.805. The second-order valence-electron chi connectivity index (χ2n) is 3.81. The van der Waals surface area contributed by atoms with Gasteiger partial charge in [-0.15, -0.1) is 0 Å². The van der Waals surface area contributed by atoms with Gasteiger partial charge in [0.2, 0.25) is 0 Å². The molecule has 1 atom stereocenters. The van der Waals surface area contributed by atoms with Crippen LogP contribution in [0, 0.1) is 10.1 Å². The first-order valence-corrected chi connectivity index (χ1v) is 5.71. The molecule has 19 heavy (non-hydrogen) atoms. The monoisotopic (exact) mass is 270 g/mol. The van der Waals surface area contributed by atoms with Gasteiger partial charge in [0.15, 0.2) is 5.75 Å². The van der Waals surface area contributed by atoms with Crippen molar-refractivity contribution in [2.24, 2.45) is 0 Å². The quantitative estimate of drug-likeness (QED) is 0.571. The van der Waals surface area contributed by atoms with Gasteiger partial charge in [-0.3, -0.25) is 10.1 Å². The van der Waals surface area contributed by atoms with Crippen LogP contribution in [-0.2, 0) is 9.47 Å². The van der Waals surface area contributed by atoms with Gasteiger partial charge in [0.1, 0.15) is 5.69 Å². The van der Waals surface area contributed by atoms with Gasteiger partial charge in [0.05, 0.1) is 24.7 Å². The van der Waals surface area contributed by atoms with Crippen molar-refractivity contribution in [2.45, 2.75) is 6.10 Å². The molecule has 0 bridgehead atoms. The van der Waals surface area contributed by atoms with E-state index in [-0.39, 0.29) is 17.5 Å². The summed E-state index contributed by atoms with van der Waals surface area (Å²) in [6, 6.07) is 4.86. The minimum atomic E-state index is -0.473. The summed E-state index contributed by atoms with van der Waals surface area (Å²) >= 11 is 0. The van der Waals surface area contributed by atoms with Gasteiger partial charge in [0, 0.05) is 20.8 Å². The zero-order valence-electron chi connectivity index (χ0n) is 11.2. The van der Waals surface area contributed by atoms with Crippen LogP contribution >= 0.6 is 0 Å². The summed E-state index contributed by atoms with van der Waals surface area (Å²) in [5.74, 6) is 0.218. The van der Waals surface area contributed by atoms with E-state index in [4.69, 9.17) is 14.2 Å². The fraction of sp³-hybridized carbons (Fsp3) is 0.500. The Morgan fingerprint density at radius 2 is 2.11 bits per heavy atom. The lowest BCUT2D eigenvalue weighted by Crippen LogP contribution is -2.26. The Morgan fingerprint density at radius 1 is 1.37 bits per heavy atom. The van der Waals surface area contributed by atoms with Crippen molar-refractivity contribution in [3.63, 3.8) is 0 Å². The molecule has 1 N–H and O–H groups in total. The molecule has 1 aromatic carbocycles. The SMILES string of the molecule is COCC(CNc1cccc(OC)c1[N+](=O)[O-])OC. The molecule has 0 heterocycles. The van der Waals surface area contributed by atoms with Crippen molar-refractivity contribution in [1.29, 1.82) is 0 Å². The molecule has 0 spiro atoms. The number of methoxy groups -OCH3 is 3. The van der Waals surface area contributed by atoms with Gasteiger partial charge < -0.3 is 19.5 Å². The number of nitro groups is 1. The summed E-state index contributed by atoms with van der Waals surface area (Å²) in [5.41, 5.74) is 0.305. The number of anilines is 1. The van der Waals surface area contributed by atoms with Crippen LogP contribution in [0.1, 0.15) is 0 Å². The third-order valence-electron chi connectivity index (χ3n) is 2.61. The highest BCUT2D eigenvalue weighted by molar-refractivity contribution is 5.68. The molecular weight excluding hydrogens is 252 g/mol. The summed E-state index contributed by atoms with van der Waals surface area (Å²) in [5, 5.41) is 14.0. The fourth-order valence-corrected chi connectivity index (χ4v) is 1.64. The van der Waals surface area contributed by atoms with Crippen molar-refractivity contribution < 1.29 is 19.1 Å². The first-order chi connectivity index (χ1) is 9.13. The fourth-order valence-electron chi connectivity index (χ4n) is 1.64. The van der Waals surface area contributed by atoms with E-state index in [1.165, 1.54) is 7.11 Å². The number of ether oxygens (including phenoxy) is 3. The first-order valence-electron chi connectivity index (χ1n) is 5.71. The van der Waals surface area contributed by atoms with Crippen LogP contribution in [-0.4, -0.2) is 45.5 Å². The molecule has 0 fully saturated rings. The Labute approximate surface area is 111 Å². The van der Waals surface area contributed by atoms with Crippen molar-refractivity contribution in [1.82, 2.24) is 0 Å². The summed E-state index contributed by atoms with van der Waals surface area (Å²) in [4.78, 5) is 10.6. The molecule has 0 aliphatic rings. The second kappa shape index (κ2) is 7.55. The number of nitrogens with zero attached hydrogens (tertiary/aromatic N) is 1. The smallest absolute Gasteiger partial charge is 0.333 e. The van der Waals surface area contributed by atoms with Crippen LogP contribution in [0.2, 0.25) is 0 Å². The predicted molar refractivity (Wildman–Crippen MR) is 70.8 cm³/mol. The minimum Gasteiger partial charge on any atom is -0.490 e. The number of hydrogen-bond acceptors (Lipinski definition) is 6. The van der Waals surface area contributed by atoms with Crippen LogP contribution < -0.4 is 10.1 Å². The van der Waals surface area contributed by atoms with Crippen molar-refractivity contribution in [2.75, 3.05) is 39.8 Å². The standard InChI is InChI=1S/C12H18N2O5/c1-17-8-9(18-2)7-13-10-5-4-6-11(19-3)12(10)14(15)16/h4-6,9,13H,7-8H2,1-3H3. The third-order valence-corrected chi connectivity index (χ3v) is 2.61. The van der Waals surface area contributed by atoms with Crippen LogP contribution in [0.5, 0.6) is 5.75 Å². The predicted octanol–water partition coefficient (Wildman–Crippen LogP) is 1.68. The molecule has 1 rings (SSSR count). The van der Waals surface area contributed by atoms with Gasteiger partial charge >= 0.3 is 5.69 Å². The van der Waals surface area contributed by atoms with Crippen molar-refractivity contribution in [3.05, 3.63) is 28.3 Å². The van der Waals surface area contributed by atoms with E-state index in [0.717, 1.165) is 0 Å². The maximum atomic E-state index is 11.1. The highest BCUT2D eigenvalue weighted by Crippen LogP contribution is 2.34. The van der Waals surface area contributed by atoms with Gasteiger partial charge in [-0.2, -0.15) is 0 Å². The Kier molecular flexibility index (Phi) is 6.04. The first kappa shape index (κ1) is 15.2. The van der Waals surface area contributed by atoms with Crippen molar-refractivity contribution in [3.8, 4) is 5.75 Å². The molecule has 1 unspecified atom stereocenters. The molecule has 0 amide bonds. The second-order valence-corrected chi connectivity index (χ2v) is 3.81. The molecular formula is C12H18N2O5. The highest BCUT2D eigenvalue weighted by Gasteiger charge is 2.20. The van der Waals surface area contributed by atoms with E-state index in [1.54, 1.807) is 32.4 Å². The maximum absolute atomic E-state index is 11.1. The number of benzene rings is 1. The Bertz CT molecular complexity index is 425. The lowest BCUT2D eigenvalue weighted by atomic mass is 10.2. The molecule has 0 saturated carbocycles. The van der Waals surface area contributed by atoms with E-state index in [9.17, 15) is 10.1 Å². The van der Waals surface area contributed by atoms with Crippen molar-refractivity contribution >= 4 is 11.4 Å². The topological polar surface area (TPSA) is 82.9 Å². The molecule has 1 aromatic rings. The van der Waals surface area contributed by atoms with Gasteiger partial charge in [0.25, 0.3) is 0 Å². The summed E-state index contributed by atoms with van der Waals surface area (Å²) in [7, 11) is 4.53. The number of nitrogens with one attached hydrogen (secondary N) is 1. The summed E-state index contributed by atoms with van der Waals surface area (Å²) < 4.78 is 15.2. The molecule has 0 aromatic heterocycles. The number of hydrogen-bond donors (Lipinski definition) is 1. The molecule has 7 heteroatoms. The van der Waals surface area contributed by atoms with E-state index in [1.807, 2.05) is 0 Å². The van der Waals surface area contributed by atoms with Gasteiger partial charge in [-0.1, -0.05) is 6.07 Å². The molecule has 0 radical (unpaired) electrons. The number of para-hydroxylation sites is 1. The zero-order valence-corrected chi connectivity index (χ0v) is 11.2. The molecule has 106 valence electrons. The molecule has 0 aliphatic heterocycles. The van der Waals surface area contributed by atoms with Gasteiger partial charge in [-0.25, -0.2) is 0 Å². The normalized spacial score (nSPS) is 11.9. The van der Waals surface area contributed by atoms with E-state index in [0.29, 0.717) is 18.8 Å². The Hall–Kier alpha value is -1.86. The molecule has 0 aliphatic carbocycles. The van der Waals surface area contributed by atoms with Crippen LogP contribution in [0.25, 0.3) is 0 Å². The lowest BCUT2D eigenvalue weighted by Gasteiger charge is -2.16. The average Bonchev–Trinajstić information content (AvgIpc) is 2.42. The van der Waals surface area contributed by atoms with Crippen LogP contribution in [0.4, 0.5) is 11.4 Å². The highest BCUT2D eigenvalue weighted by atomic mass is 16.6. The number of rotatable bonds is 8. The molecule has 7 nitrogen and oxygen atoms in total. The Balaban J connectivity index is 2.85. The largest absolute Gasteiger partial charge is 0.490 e. The van der Waals surface area contributed by atoms with Crippen LogP contribution in [0.3, 0.4) is 0 Å². The van der Waals surface area contributed by atoms with E-state index >= 15 is 0 Å². The molecule has 0 saturated heterocycles. The summed E-state index contributed by atoms with van der Waals surface area (Å²) in [6.07, 6.45) is -0.184. The maximum Gasteiger partial charge on any atom is 0.333 e. The number of nitro benzene ring substituents is 1. The third kappa shape index (κ3) is 4.08. The van der Waals surface area contributed by atoms with E-state index < -0.39 is 4.92 Å². The lowest BCUT2D eigenvalue weighted by molar-refractivity contribution is -0.384. The minimum absolute atomic E-state index is 0.0859. The Morgan fingerprint density at radius 3 is 2.63 bits per heavy atom. The average molecular weight is 270 g/mol. The van der Waals surface area contributed by atoms with Gasteiger partial charge in [-0.05, 0) is 12.1 Å². The zero-order chi connectivity index (χ0) is 14.3. The van der Waals surface area contributed by atoms with Crippen LogP contribution in [0.15, 0.2) is 18.2 Å².